The summed E-state index contributed by atoms with van der Waals surface area (Å²) in [7, 11) is -3.62. The molecule has 110 valence electrons. The molecule has 8 heteroatoms. The fraction of sp³-hybridized carbons (Fsp3) is 0.231. The van der Waals surface area contributed by atoms with E-state index in [2.05, 4.69) is 19.7 Å². The van der Waals surface area contributed by atoms with E-state index in [0.717, 1.165) is 5.56 Å². The predicted molar refractivity (Wildman–Crippen MR) is 73.9 cm³/mol. The number of fused-ring (bicyclic) bond motifs is 1. The van der Waals surface area contributed by atoms with E-state index >= 15 is 0 Å². The van der Waals surface area contributed by atoms with Crippen LogP contribution in [0.15, 0.2) is 40.1 Å². The summed E-state index contributed by atoms with van der Waals surface area (Å²) in [5.41, 5.74) is 2.13. The molecule has 2 heterocycles. The normalized spacial score (nSPS) is 14.6. The lowest BCUT2D eigenvalue weighted by Gasteiger charge is -2.17. The summed E-state index contributed by atoms with van der Waals surface area (Å²) in [6.07, 6.45) is 3.73. The molecule has 0 saturated carbocycles. The molecule has 2 N–H and O–H groups in total. The van der Waals surface area contributed by atoms with E-state index in [1.807, 2.05) is 0 Å². The minimum atomic E-state index is -3.62. The van der Waals surface area contributed by atoms with Gasteiger partial charge >= 0.3 is 0 Å². The summed E-state index contributed by atoms with van der Waals surface area (Å²) in [4.78, 5) is 11.5. The van der Waals surface area contributed by atoms with Gasteiger partial charge in [-0.15, -0.1) is 0 Å². The highest BCUT2D eigenvalue weighted by atomic mass is 32.2. The first-order chi connectivity index (χ1) is 10.0. The molecule has 0 fully saturated rings. The number of nitrogens with one attached hydrogen (secondary N) is 2. The van der Waals surface area contributed by atoms with Crippen LogP contribution in [0.3, 0.4) is 0 Å². The van der Waals surface area contributed by atoms with Gasteiger partial charge in [-0.1, -0.05) is 5.16 Å². The molecule has 7 nitrogen and oxygen atoms in total. The van der Waals surface area contributed by atoms with Crippen molar-refractivity contribution in [2.75, 3.05) is 5.32 Å². The highest BCUT2D eigenvalue weighted by molar-refractivity contribution is 7.89. The SMILES string of the molecule is O=C1CCc2cc(S(=O)(=O)NCc3cnoc3)ccc2N1. The van der Waals surface area contributed by atoms with Crippen molar-refractivity contribution in [2.24, 2.45) is 0 Å². The second-order valence-corrected chi connectivity index (χ2v) is 6.49. The number of aryl methyl sites for hydroxylation is 1. The lowest BCUT2D eigenvalue weighted by atomic mass is 10.0. The average Bonchev–Trinajstić information content (AvgIpc) is 2.98. The largest absolute Gasteiger partial charge is 0.364 e. The minimum Gasteiger partial charge on any atom is -0.364 e. The number of sulfonamides is 1. The molecular formula is C13H13N3O4S. The smallest absolute Gasteiger partial charge is 0.240 e. The van der Waals surface area contributed by atoms with Gasteiger partial charge in [-0.25, -0.2) is 13.1 Å². The highest BCUT2D eigenvalue weighted by Crippen LogP contribution is 2.25. The minimum absolute atomic E-state index is 0.0521. The number of aromatic nitrogens is 1. The van der Waals surface area contributed by atoms with Gasteiger partial charge in [0.1, 0.15) is 6.26 Å². The summed E-state index contributed by atoms with van der Waals surface area (Å²) in [5, 5.41) is 6.23. The van der Waals surface area contributed by atoms with Crippen LogP contribution in [0, 0.1) is 0 Å². The van der Waals surface area contributed by atoms with Gasteiger partial charge in [-0.3, -0.25) is 4.79 Å². The summed E-state index contributed by atoms with van der Waals surface area (Å²) in [6, 6.07) is 4.67. The van der Waals surface area contributed by atoms with Gasteiger partial charge in [-0.2, -0.15) is 0 Å². The molecule has 1 aliphatic heterocycles. The third-order valence-electron chi connectivity index (χ3n) is 3.23. The van der Waals surface area contributed by atoms with Crippen LogP contribution < -0.4 is 10.0 Å². The van der Waals surface area contributed by atoms with Crippen molar-refractivity contribution in [1.29, 1.82) is 0 Å². The molecule has 21 heavy (non-hydrogen) atoms. The van der Waals surface area contributed by atoms with Crippen LogP contribution in [-0.4, -0.2) is 19.5 Å². The quantitative estimate of drug-likeness (QED) is 0.878. The van der Waals surface area contributed by atoms with Crippen molar-refractivity contribution < 1.29 is 17.7 Å². The number of rotatable bonds is 4. The number of hydrogen-bond donors (Lipinski definition) is 2. The van der Waals surface area contributed by atoms with Crippen LogP contribution in [0.2, 0.25) is 0 Å². The van der Waals surface area contributed by atoms with E-state index in [1.165, 1.54) is 18.5 Å². The Morgan fingerprint density at radius 3 is 2.95 bits per heavy atom. The Labute approximate surface area is 121 Å². The Balaban J connectivity index is 1.81. The van der Waals surface area contributed by atoms with Gasteiger partial charge in [-0.05, 0) is 30.2 Å². The molecule has 2 aromatic rings. The molecular weight excluding hydrogens is 294 g/mol. The van der Waals surface area contributed by atoms with E-state index in [-0.39, 0.29) is 17.3 Å². The molecule has 0 spiro atoms. The maximum Gasteiger partial charge on any atom is 0.240 e. The van der Waals surface area contributed by atoms with E-state index < -0.39 is 10.0 Å². The van der Waals surface area contributed by atoms with E-state index in [0.29, 0.717) is 24.1 Å². The zero-order valence-electron chi connectivity index (χ0n) is 11.0. The van der Waals surface area contributed by atoms with Gasteiger partial charge in [0.15, 0.2) is 0 Å². The van der Waals surface area contributed by atoms with Crippen LogP contribution in [0.25, 0.3) is 0 Å². The lowest BCUT2D eigenvalue weighted by molar-refractivity contribution is -0.116. The van der Waals surface area contributed by atoms with E-state index in [1.54, 1.807) is 12.1 Å². The van der Waals surface area contributed by atoms with Crippen molar-refractivity contribution in [2.45, 2.75) is 24.3 Å². The number of anilines is 1. The summed E-state index contributed by atoms with van der Waals surface area (Å²) >= 11 is 0. The molecule has 0 radical (unpaired) electrons. The molecule has 3 rings (SSSR count). The van der Waals surface area contributed by atoms with Gasteiger partial charge in [0.25, 0.3) is 0 Å². The first-order valence-corrected chi connectivity index (χ1v) is 7.83. The predicted octanol–water partition coefficient (Wildman–Crippen LogP) is 1.04. The second-order valence-electron chi connectivity index (χ2n) is 4.72. The standard InChI is InChI=1S/C13H13N3O4S/c17-13-4-1-10-5-11(2-3-12(10)16-13)21(18,19)15-7-9-6-14-20-8-9/h2-3,5-6,8,15H,1,4,7H2,(H,16,17). The van der Waals surface area contributed by atoms with Gasteiger partial charge < -0.3 is 9.84 Å². The molecule has 0 saturated heterocycles. The van der Waals surface area contributed by atoms with Crippen molar-refractivity contribution >= 4 is 21.6 Å². The van der Waals surface area contributed by atoms with Crippen molar-refractivity contribution in [3.63, 3.8) is 0 Å². The van der Waals surface area contributed by atoms with E-state index in [4.69, 9.17) is 0 Å². The topological polar surface area (TPSA) is 101 Å². The maximum absolute atomic E-state index is 12.2. The zero-order valence-corrected chi connectivity index (χ0v) is 11.8. The van der Waals surface area contributed by atoms with Crippen LogP contribution >= 0.6 is 0 Å². The number of carbonyl (C=O) groups is 1. The Bertz CT molecular complexity index is 769. The Morgan fingerprint density at radius 1 is 1.33 bits per heavy atom. The molecule has 1 aromatic heterocycles. The van der Waals surface area contributed by atoms with Gasteiger partial charge in [0.05, 0.1) is 11.1 Å². The van der Waals surface area contributed by atoms with Crippen LogP contribution in [0.5, 0.6) is 0 Å². The maximum atomic E-state index is 12.2. The number of hydrogen-bond acceptors (Lipinski definition) is 5. The van der Waals surface area contributed by atoms with Crippen LogP contribution in [0.4, 0.5) is 5.69 Å². The van der Waals surface area contributed by atoms with Crippen molar-refractivity contribution in [3.8, 4) is 0 Å². The zero-order chi connectivity index (χ0) is 14.9. The number of nitrogens with zero attached hydrogens (tertiary/aromatic N) is 1. The monoisotopic (exact) mass is 307 g/mol. The lowest BCUT2D eigenvalue weighted by Crippen LogP contribution is -2.24. The fourth-order valence-corrected chi connectivity index (χ4v) is 3.17. The molecule has 1 aromatic carbocycles. The number of amides is 1. The average molecular weight is 307 g/mol. The van der Waals surface area contributed by atoms with Gasteiger partial charge in [0.2, 0.25) is 15.9 Å². The van der Waals surface area contributed by atoms with Crippen molar-refractivity contribution in [3.05, 3.63) is 41.8 Å². The van der Waals surface area contributed by atoms with Crippen LogP contribution in [-0.2, 0) is 27.8 Å². The summed E-state index contributed by atoms with van der Waals surface area (Å²) < 4.78 is 31.6. The van der Waals surface area contributed by atoms with Crippen LogP contribution in [0.1, 0.15) is 17.5 Å². The second kappa shape index (κ2) is 5.30. The molecule has 0 unspecified atom stereocenters. The molecule has 0 bridgehead atoms. The Hall–Kier alpha value is -2.19. The first kappa shape index (κ1) is 13.8. The molecule has 0 aliphatic carbocycles. The Kier molecular flexibility index (Phi) is 3.48. The van der Waals surface area contributed by atoms with Crippen molar-refractivity contribution in [1.82, 2.24) is 9.88 Å². The molecule has 0 atom stereocenters. The first-order valence-electron chi connectivity index (χ1n) is 6.35. The highest BCUT2D eigenvalue weighted by Gasteiger charge is 2.19. The number of benzene rings is 1. The van der Waals surface area contributed by atoms with Gasteiger partial charge in [0, 0.05) is 24.2 Å². The summed E-state index contributed by atoms with van der Waals surface area (Å²) in [5.74, 6) is -0.0521. The van der Waals surface area contributed by atoms with E-state index in [9.17, 15) is 13.2 Å². The number of carbonyl (C=O) groups excluding carboxylic acids is 1. The third-order valence-corrected chi connectivity index (χ3v) is 4.63. The molecule has 1 amide bonds. The Morgan fingerprint density at radius 2 is 2.19 bits per heavy atom. The fourth-order valence-electron chi connectivity index (χ4n) is 2.10. The molecule has 1 aliphatic rings. The summed E-state index contributed by atoms with van der Waals surface area (Å²) in [6.45, 7) is 0.111. The third kappa shape index (κ3) is 2.96.